The van der Waals surface area contributed by atoms with E-state index in [2.05, 4.69) is 21.2 Å². The lowest BCUT2D eigenvalue weighted by Gasteiger charge is -2.05. The van der Waals surface area contributed by atoms with E-state index < -0.39 is 0 Å². The second-order valence-corrected chi connectivity index (χ2v) is 4.71. The minimum absolute atomic E-state index is 0.244. The average molecular weight is 315 g/mol. The number of furan rings is 1. The van der Waals surface area contributed by atoms with Crippen LogP contribution in [-0.2, 0) is 0 Å². The lowest BCUT2D eigenvalue weighted by atomic mass is 10.2. The number of hydrogen-bond donors (Lipinski definition) is 1. The number of aryl methyl sites for hydroxylation is 1. The van der Waals surface area contributed by atoms with E-state index in [1.807, 2.05) is 13.0 Å². The summed E-state index contributed by atoms with van der Waals surface area (Å²) in [6.45, 7) is 1.90. The summed E-state index contributed by atoms with van der Waals surface area (Å²) in [7, 11) is 0. The van der Waals surface area contributed by atoms with Crippen molar-refractivity contribution in [3.8, 4) is 0 Å². The zero-order chi connectivity index (χ0) is 12.4. The van der Waals surface area contributed by atoms with Gasteiger partial charge in [0, 0.05) is 10.7 Å². The third-order valence-corrected chi connectivity index (χ3v) is 3.06. The molecule has 0 radical (unpaired) electrons. The number of hydrogen-bond acceptors (Lipinski definition) is 2. The molecule has 0 spiro atoms. The highest BCUT2D eigenvalue weighted by atomic mass is 79.9. The highest BCUT2D eigenvalue weighted by Gasteiger charge is 2.10. The molecule has 5 heteroatoms. The van der Waals surface area contributed by atoms with Crippen LogP contribution in [-0.4, -0.2) is 5.91 Å². The summed E-state index contributed by atoms with van der Waals surface area (Å²) in [5, 5.41) is 3.32. The average Bonchev–Trinajstić information content (AvgIpc) is 2.70. The van der Waals surface area contributed by atoms with Crippen LogP contribution in [0, 0.1) is 6.92 Å². The smallest absolute Gasteiger partial charge is 0.291 e. The minimum Gasteiger partial charge on any atom is -0.444 e. The summed E-state index contributed by atoms with van der Waals surface area (Å²) in [5.74, 6) is -0.0656. The van der Waals surface area contributed by atoms with Crippen molar-refractivity contribution in [3.05, 3.63) is 51.3 Å². The fourth-order valence-electron chi connectivity index (χ4n) is 1.30. The molecule has 0 saturated heterocycles. The maximum Gasteiger partial charge on any atom is 0.291 e. The van der Waals surface area contributed by atoms with Gasteiger partial charge in [0.05, 0.1) is 0 Å². The molecular weight excluding hydrogens is 305 g/mol. The van der Waals surface area contributed by atoms with E-state index in [1.165, 1.54) is 0 Å². The Morgan fingerprint density at radius 3 is 2.71 bits per heavy atom. The van der Waals surface area contributed by atoms with Gasteiger partial charge in [-0.2, -0.15) is 0 Å². The molecule has 0 aliphatic carbocycles. The fourth-order valence-corrected chi connectivity index (χ4v) is 1.79. The minimum atomic E-state index is -0.310. The van der Waals surface area contributed by atoms with E-state index in [4.69, 9.17) is 16.0 Å². The van der Waals surface area contributed by atoms with Crippen molar-refractivity contribution in [2.45, 2.75) is 6.92 Å². The number of carbonyl (C=O) groups is 1. The number of rotatable bonds is 2. The van der Waals surface area contributed by atoms with Gasteiger partial charge >= 0.3 is 0 Å². The Hall–Kier alpha value is -1.26. The van der Waals surface area contributed by atoms with Gasteiger partial charge in [0.2, 0.25) is 0 Å². The molecule has 1 aromatic heterocycles. The van der Waals surface area contributed by atoms with Gasteiger partial charge in [-0.25, -0.2) is 0 Å². The third-order valence-electron chi connectivity index (χ3n) is 2.23. The highest BCUT2D eigenvalue weighted by Crippen LogP contribution is 2.21. The van der Waals surface area contributed by atoms with Gasteiger partial charge in [-0.05, 0) is 52.7 Å². The number of nitrogens with one attached hydrogen (secondary N) is 1. The molecule has 1 N–H and O–H groups in total. The lowest BCUT2D eigenvalue weighted by Crippen LogP contribution is -2.10. The maximum atomic E-state index is 11.8. The molecule has 2 aromatic rings. The van der Waals surface area contributed by atoms with E-state index in [1.54, 1.807) is 24.3 Å². The SMILES string of the molecule is Cc1ccc(NC(=O)c2ccc(Br)o2)cc1Cl. The van der Waals surface area contributed by atoms with Crippen LogP contribution in [0.4, 0.5) is 5.69 Å². The van der Waals surface area contributed by atoms with E-state index in [-0.39, 0.29) is 11.7 Å². The number of amides is 1. The van der Waals surface area contributed by atoms with Crippen LogP contribution < -0.4 is 5.32 Å². The van der Waals surface area contributed by atoms with Crippen molar-refractivity contribution in [1.29, 1.82) is 0 Å². The molecule has 0 unspecified atom stereocenters. The van der Waals surface area contributed by atoms with E-state index in [0.717, 1.165) is 5.56 Å². The van der Waals surface area contributed by atoms with Crippen LogP contribution >= 0.6 is 27.5 Å². The van der Waals surface area contributed by atoms with Crippen LogP contribution in [0.1, 0.15) is 16.1 Å². The van der Waals surface area contributed by atoms with E-state index >= 15 is 0 Å². The molecule has 2 rings (SSSR count). The molecule has 1 amide bonds. The van der Waals surface area contributed by atoms with Gasteiger partial charge < -0.3 is 9.73 Å². The highest BCUT2D eigenvalue weighted by molar-refractivity contribution is 9.10. The molecule has 3 nitrogen and oxygen atoms in total. The molecule has 1 heterocycles. The Kier molecular flexibility index (Phi) is 3.54. The zero-order valence-electron chi connectivity index (χ0n) is 8.96. The van der Waals surface area contributed by atoms with Crippen LogP contribution in [0.2, 0.25) is 5.02 Å². The summed E-state index contributed by atoms with van der Waals surface area (Å²) in [4.78, 5) is 11.8. The molecule has 0 fully saturated rings. The summed E-state index contributed by atoms with van der Waals surface area (Å²) in [6.07, 6.45) is 0. The summed E-state index contributed by atoms with van der Waals surface area (Å²) < 4.78 is 5.66. The van der Waals surface area contributed by atoms with Crippen LogP contribution in [0.5, 0.6) is 0 Å². The Morgan fingerprint density at radius 1 is 1.35 bits per heavy atom. The number of anilines is 1. The Bertz CT molecular complexity index is 565. The van der Waals surface area contributed by atoms with Crippen molar-refractivity contribution in [2.75, 3.05) is 5.32 Å². The van der Waals surface area contributed by atoms with Crippen molar-refractivity contribution in [1.82, 2.24) is 0 Å². The predicted octanol–water partition coefficient (Wildman–Crippen LogP) is 4.26. The topological polar surface area (TPSA) is 42.2 Å². The first-order valence-electron chi connectivity index (χ1n) is 4.89. The van der Waals surface area contributed by atoms with Gasteiger partial charge in [0.25, 0.3) is 5.91 Å². The van der Waals surface area contributed by atoms with Crippen LogP contribution in [0.15, 0.2) is 39.4 Å². The molecule has 0 bridgehead atoms. The maximum absolute atomic E-state index is 11.8. The molecule has 0 aliphatic rings. The first kappa shape index (κ1) is 12.2. The summed E-state index contributed by atoms with van der Waals surface area (Å²) in [6, 6.07) is 8.59. The molecule has 0 atom stereocenters. The van der Waals surface area contributed by atoms with Crippen molar-refractivity contribution in [2.24, 2.45) is 0 Å². The lowest BCUT2D eigenvalue weighted by molar-refractivity contribution is 0.0995. The van der Waals surface area contributed by atoms with E-state index in [0.29, 0.717) is 15.4 Å². The molecule has 17 heavy (non-hydrogen) atoms. The molecular formula is C12H9BrClNO2. The Balaban J connectivity index is 2.15. The first-order valence-corrected chi connectivity index (χ1v) is 6.06. The number of benzene rings is 1. The van der Waals surface area contributed by atoms with Gasteiger partial charge in [0.1, 0.15) is 0 Å². The van der Waals surface area contributed by atoms with Gasteiger partial charge in [0.15, 0.2) is 10.4 Å². The largest absolute Gasteiger partial charge is 0.444 e. The van der Waals surface area contributed by atoms with E-state index in [9.17, 15) is 4.79 Å². The standard InChI is InChI=1S/C12H9BrClNO2/c1-7-2-3-8(6-9(7)14)15-12(16)10-4-5-11(13)17-10/h2-6H,1H3,(H,15,16). The quantitative estimate of drug-likeness (QED) is 0.900. The van der Waals surface area contributed by atoms with Crippen molar-refractivity contribution < 1.29 is 9.21 Å². The second kappa shape index (κ2) is 4.94. The fraction of sp³-hybridized carbons (Fsp3) is 0.0833. The number of carbonyl (C=O) groups excluding carboxylic acids is 1. The monoisotopic (exact) mass is 313 g/mol. The zero-order valence-corrected chi connectivity index (χ0v) is 11.3. The molecule has 88 valence electrons. The van der Waals surface area contributed by atoms with Gasteiger partial charge in [-0.15, -0.1) is 0 Å². The van der Waals surface area contributed by atoms with Crippen LogP contribution in [0.3, 0.4) is 0 Å². The first-order chi connectivity index (χ1) is 8.06. The molecule has 0 aliphatic heterocycles. The van der Waals surface area contributed by atoms with Gasteiger partial charge in [-0.3, -0.25) is 4.79 Å². The summed E-state index contributed by atoms with van der Waals surface area (Å²) >= 11 is 9.10. The predicted molar refractivity (Wildman–Crippen MR) is 70.6 cm³/mol. The Labute approximate surface area is 112 Å². The van der Waals surface area contributed by atoms with Crippen molar-refractivity contribution >= 4 is 39.1 Å². The number of halogens is 2. The normalized spacial score (nSPS) is 10.3. The van der Waals surface area contributed by atoms with Crippen molar-refractivity contribution in [3.63, 3.8) is 0 Å². The van der Waals surface area contributed by atoms with Crippen LogP contribution in [0.25, 0.3) is 0 Å². The molecule has 1 aromatic carbocycles. The molecule has 0 saturated carbocycles. The Morgan fingerprint density at radius 2 is 2.12 bits per heavy atom. The second-order valence-electron chi connectivity index (χ2n) is 3.52. The van der Waals surface area contributed by atoms with Gasteiger partial charge in [-0.1, -0.05) is 17.7 Å². The third kappa shape index (κ3) is 2.90. The summed E-state index contributed by atoms with van der Waals surface area (Å²) in [5.41, 5.74) is 1.60.